The van der Waals surface area contributed by atoms with Gasteiger partial charge in [0.15, 0.2) is 5.78 Å². The Labute approximate surface area is 140 Å². The Kier molecular flexibility index (Phi) is 4.93. The topological polar surface area (TPSA) is 23.6 Å². The first-order chi connectivity index (χ1) is 10.6. The van der Waals surface area contributed by atoms with E-state index in [2.05, 4.69) is 16.8 Å². The van der Waals surface area contributed by atoms with Gasteiger partial charge in [0, 0.05) is 36.1 Å². The van der Waals surface area contributed by atoms with Gasteiger partial charge >= 0.3 is 0 Å². The molecular weight excluding hydrogens is 316 g/mol. The SMILES string of the molecule is CN1CCN(CC(=O)c2ccc(-c3ccc(Cl)cc3)s2)CC1. The van der Waals surface area contributed by atoms with Gasteiger partial charge in [-0.05, 0) is 36.9 Å². The number of rotatable bonds is 4. The van der Waals surface area contributed by atoms with Crippen LogP contribution in [0.15, 0.2) is 36.4 Å². The predicted octanol–water partition coefficient (Wildman–Crippen LogP) is 3.50. The molecule has 3 rings (SSSR count). The van der Waals surface area contributed by atoms with Crippen LogP contribution in [0.1, 0.15) is 9.67 Å². The summed E-state index contributed by atoms with van der Waals surface area (Å²) in [6.07, 6.45) is 0. The minimum absolute atomic E-state index is 0.217. The number of carbonyl (C=O) groups excluding carboxylic acids is 1. The van der Waals surface area contributed by atoms with Crippen LogP contribution in [0.5, 0.6) is 0 Å². The molecule has 0 radical (unpaired) electrons. The summed E-state index contributed by atoms with van der Waals surface area (Å²) in [5, 5.41) is 0.728. The van der Waals surface area contributed by atoms with E-state index in [-0.39, 0.29) is 5.78 Å². The van der Waals surface area contributed by atoms with Crippen molar-refractivity contribution in [3.63, 3.8) is 0 Å². The zero-order chi connectivity index (χ0) is 15.5. The van der Waals surface area contributed by atoms with E-state index in [9.17, 15) is 4.79 Å². The summed E-state index contributed by atoms with van der Waals surface area (Å²) in [5.41, 5.74) is 1.10. The summed E-state index contributed by atoms with van der Waals surface area (Å²) < 4.78 is 0. The van der Waals surface area contributed by atoms with Crippen molar-refractivity contribution in [2.24, 2.45) is 0 Å². The average molecular weight is 335 g/mol. The molecule has 0 spiro atoms. The summed E-state index contributed by atoms with van der Waals surface area (Å²) in [5.74, 6) is 0.217. The molecule has 1 aromatic heterocycles. The van der Waals surface area contributed by atoms with Crippen molar-refractivity contribution in [3.8, 4) is 10.4 Å². The number of carbonyl (C=O) groups is 1. The van der Waals surface area contributed by atoms with Crippen LogP contribution in [0, 0.1) is 0 Å². The zero-order valence-electron chi connectivity index (χ0n) is 12.6. The van der Waals surface area contributed by atoms with E-state index >= 15 is 0 Å². The van der Waals surface area contributed by atoms with E-state index < -0.39 is 0 Å². The van der Waals surface area contributed by atoms with E-state index in [0.29, 0.717) is 6.54 Å². The largest absolute Gasteiger partial charge is 0.304 e. The van der Waals surface area contributed by atoms with Crippen molar-refractivity contribution < 1.29 is 4.79 Å². The zero-order valence-corrected chi connectivity index (χ0v) is 14.2. The maximum absolute atomic E-state index is 12.4. The first-order valence-corrected chi connectivity index (χ1v) is 8.61. The number of benzene rings is 1. The summed E-state index contributed by atoms with van der Waals surface area (Å²) in [6.45, 7) is 4.53. The summed E-state index contributed by atoms with van der Waals surface area (Å²) in [4.78, 5) is 18.9. The van der Waals surface area contributed by atoms with Gasteiger partial charge in [-0.1, -0.05) is 23.7 Å². The molecule has 116 valence electrons. The van der Waals surface area contributed by atoms with Gasteiger partial charge in [0.1, 0.15) is 0 Å². The maximum atomic E-state index is 12.4. The highest BCUT2D eigenvalue weighted by Gasteiger charge is 2.18. The molecule has 0 unspecified atom stereocenters. The van der Waals surface area contributed by atoms with E-state index in [1.807, 2.05) is 36.4 Å². The molecule has 2 aromatic rings. The molecule has 1 aromatic carbocycles. The Morgan fingerprint density at radius 2 is 1.77 bits per heavy atom. The number of Topliss-reactive ketones (excluding diaryl/α,β-unsaturated/α-hetero) is 1. The molecular formula is C17H19ClN2OS. The van der Waals surface area contributed by atoms with E-state index in [4.69, 9.17) is 11.6 Å². The second kappa shape index (κ2) is 6.92. The fourth-order valence-electron chi connectivity index (χ4n) is 2.54. The number of nitrogens with zero attached hydrogens (tertiary/aromatic N) is 2. The first-order valence-electron chi connectivity index (χ1n) is 7.42. The highest BCUT2D eigenvalue weighted by atomic mass is 35.5. The van der Waals surface area contributed by atoms with Crippen LogP contribution < -0.4 is 0 Å². The van der Waals surface area contributed by atoms with Gasteiger partial charge in [0.25, 0.3) is 0 Å². The lowest BCUT2D eigenvalue weighted by atomic mass is 10.2. The van der Waals surface area contributed by atoms with Crippen LogP contribution in [-0.2, 0) is 0 Å². The molecule has 0 amide bonds. The Bertz CT molecular complexity index is 645. The summed E-state index contributed by atoms with van der Waals surface area (Å²) in [6, 6.07) is 11.7. The Balaban J connectivity index is 1.65. The third-order valence-corrected chi connectivity index (χ3v) is 5.40. The van der Waals surface area contributed by atoms with Crippen LogP contribution in [0.4, 0.5) is 0 Å². The number of hydrogen-bond donors (Lipinski definition) is 0. The number of ketones is 1. The number of likely N-dealkylation sites (N-methyl/N-ethyl adjacent to an activating group) is 1. The second-order valence-corrected chi connectivity index (χ2v) is 7.19. The molecule has 1 saturated heterocycles. The van der Waals surface area contributed by atoms with Gasteiger partial charge in [0.2, 0.25) is 0 Å². The lowest BCUT2D eigenvalue weighted by Crippen LogP contribution is -2.46. The highest BCUT2D eigenvalue weighted by molar-refractivity contribution is 7.17. The fraction of sp³-hybridized carbons (Fsp3) is 0.353. The van der Waals surface area contributed by atoms with Crippen molar-refractivity contribution >= 4 is 28.7 Å². The fourth-order valence-corrected chi connectivity index (χ4v) is 3.61. The quantitative estimate of drug-likeness (QED) is 0.800. The van der Waals surface area contributed by atoms with Crippen LogP contribution in [0.3, 0.4) is 0 Å². The van der Waals surface area contributed by atoms with Gasteiger partial charge in [-0.25, -0.2) is 0 Å². The lowest BCUT2D eigenvalue weighted by molar-refractivity contribution is 0.0880. The van der Waals surface area contributed by atoms with Crippen molar-refractivity contribution in [3.05, 3.63) is 46.3 Å². The molecule has 5 heteroatoms. The monoisotopic (exact) mass is 334 g/mol. The first kappa shape index (κ1) is 15.7. The summed E-state index contributed by atoms with van der Waals surface area (Å²) in [7, 11) is 2.12. The molecule has 22 heavy (non-hydrogen) atoms. The molecule has 1 fully saturated rings. The van der Waals surface area contributed by atoms with Crippen LogP contribution in [0.2, 0.25) is 5.02 Å². The molecule has 1 aliphatic heterocycles. The van der Waals surface area contributed by atoms with Crippen molar-refractivity contribution in [2.45, 2.75) is 0 Å². The van der Waals surface area contributed by atoms with Crippen LogP contribution in [0.25, 0.3) is 10.4 Å². The summed E-state index contributed by atoms with van der Waals surface area (Å²) >= 11 is 7.47. The van der Waals surface area contributed by atoms with Crippen molar-refractivity contribution in [1.29, 1.82) is 0 Å². The predicted molar refractivity (Wildman–Crippen MR) is 93.0 cm³/mol. The molecule has 0 N–H and O–H groups in total. The minimum Gasteiger partial charge on any atom is -0.304 e. The van der Waals surface area contributed by atoms with Crippen LogP contribution in [-0.4, -0.2) is 55.4 Å². The normalized spacial score (nSPS) is 16.8. The second-order valence-electron chi connectivity index (χ2n) is 5.67. The molecule has 1 aliphatic rings. The third kappa shape index (κ3) is 3.76. The smallest absolute Gasteiger partial charge is 0.186 e. The molecule has 0 saturated carbocycles. The van der Waals surface area contributed by atoms with Gasteiger partial charge in [-0.2, -0.15) is 0 Å². The Morgan fingerprint density at radius 1 is 1.09 bits per heavy atom. The van der Waals surface area contributed by atoms with Gasteiger partial charge < -0.3 is 4.90 Å². The minimum atomic E-state index is 0.217. The Hall–Kier alpha value is -1.20. The van der Waals surface area contributed by atoms with E-state index in [1.165, 1.54) is 0 Å². The van der Waals surface area contributed by atoms with Crippen LogP contribution >= 0.6 is 22.9 Å². The number of halogens is 1. The number of thiophene rings is 1. The molecule has 0 bridgehead atoms. The molecule has 0 aliphatic carbocycles. The third-order valence-electron chi connectivity index (χ3n) is 3.97. The van der Waals surface area contributed by atoms with E-state index in [1.54, 1.807) is 11.3 Å². The number of piperazine rings is 1. The van der Waals surface area contributed by atoms with Gasteiger partial charge in [-0.15, -0.1) is 11.3 Å². The van der Waals surface area contributed by atoms with Crippen molar-refractivity contribution in [1.82, 2.24) is 9.80 Å². The van der Waals surface area contributed by atoms with Gasteiger partial charge in [-0.3, -0.25) is 9.69 Å². The highest BCUT2D eigenvalue weighted by Crippen LogP contribution is 2.29. The lowest BCUT2D eigenvalue weighted by Gasteiger charge is -2.31. The average Bonchev–Trinajstić information content (AvgIpc) is 3.00. The Morgan fingerprint density at radius 3 is 2.45 bits per heavy atom. The molecule has 3 nitrogen and oxygen atoms in total. The molecule has 2 heterocycles. The van der Waals surface area contributed by atoms with Gasteiger partial charge in [0.05, 0.1) is 11.4 Å². The van der Waals surface area contributed by atoms with E-state index in [0.717, 1.165) is 46.5 Å². The van der Waals surface area contributed by atoms with Crippen molar-refractivity contribution in [2.75, 3.05) is 39.8 Å². The maximum Gasteiger partial charge on any atom is 0.186 e. The standard InChI is InChI=1S/C17H19ClN2OS/c1-19-8-10-20(11-9-19)12-15(21)17-7-6-16(22-17)13-2-4-14(18)5-3-13/h2-7H,8-12H2,1H3. The number of hydrogen-bond acceptors (Lipinski definition) is 4. The molecule has 0 atom stereocenters.